The van der Waals surface area contributed by atoms with Gasteiger partial charge in [0.05, 0.1) is 6.10 Å². The van der Waals surface area contributed by atoms with E-state index in [0.29, 0.717) is 12.6 Å². The second-order valence-corrected chi connectivity index (χ2v) is 8.45. The first-order chi connectivity index (χ1) is 13.0. The van der Waals surface area contributed by atoms with Crippen molar-refractivity contribution in [3.63, 3.8) is 0 Å². The second kappa shape index (κ2) is 11.1. The van der Waals surface area contributed by atoms with E-state index < -0.39 is 0 Å². The SMILES string of the molecule is C=C/C(CCC)=C(\S)CC(C)C(O)CNC1CCCc2ccc(CC)cc21. The Morgan fingerprint density at radius 3 is 2.85 bits per heavy atom. The van der Waals surface area contributed by atoms with Gasteiger partial charge in [0.15, 0.2) is 0 Å². The first-order valence-electron chi connectivity index (χ1n) is 10.6. The van der Waals surface area contributed by atoms with Crippen LogP contribution >= 0.6 is 12.6 Å². The third-order valence-corrected chi connectivity index (χ3v) is 6.28. The van der Waals surface area contributed by atoms with Crippen molar-refractivity contribution in [2.24, 2.45) is 5.92 Å². The van der Waals surface area contributed by atoms with Crippen molar-refractivity contribution >= 4 is 12.6 Å². The van der Waals surface area contributed by atoms with Crippen LogP contribution in [0.4, 0.5) is 0 Å². The molecule has 3 heteroatoms. The first-order valence-corrected chi connectivity index (χ1v) is 11.0. The zero-order valence-corrected chi connectivity index (χ0v) is 18.2. The monoisotopic (exact) mass is 387 g/mol. The van der Waals surface area contributed by atoms with Crippen molar-refractivity contribution in [2.45, 2.75) is 77.9 Å². The number of aliphatic hydroxyl groups excluding tert-OH is 1. The number of allylic oxidation sites excluding steroid dienone is 3. The summed E-state index contributed by atoms with van der Waals surface area (Å²) < 4.78 is 0. The molecule has 27 heavy (non-hydrogen) atoms. The Morgan fingerprint density at radius 1 is 1.41 bits per heavy atom. The summed E-state index contributed by atoms with van der Waals surface area (Å²) in [6, 6.07) is 7.27. The van der Waals surface area contributed by atoms with Crippen molar-refractivity contribution in [3.05, 3.63) is 58.0 Å². The van der Waals surface area contributed by atoms with Gasteiger partial charge in [-0.05, 0) is 71.6 Å². The van der Waals surface area contributed by atoms with E-state index in [1.165, 1.54) is 35.1 Å². The van der Waals surface area contributed by atoms with Crippen LogP contribution < -0.4 is 5.32 Å². The summed E-state index contributed by atoms with van der Waals surface area (Å²) in [5, 5.41) is 14.3. The number of fused-ring (bicyclic) bond motifs is 1. The molecule has 0 aromatic heterocycles. The fourth-order valence-corrected chi connectivity index (χ4v) is 4.44. The van der Waals surface area contributed by atoms with Crippen LogP contribution in [0.1, 0.15) is 75.6 Å². The van der Waals surface area contributed by atoms with Crippen LogP contribution in [0.5, 0.6) is 0 Å². The summed E-state index contributed by atoms with van der Waals surface area (Å²) in [6.07, 6.45) is 9.03. The minimum atomic E-state index is -0.375. The molecule has 0 aliphatic heterocycles. The second-order valence-electron chi connectivity index (χ2n) is 7.91. The summed E-state index contributed by atoms with van der Waals surface area (Å²) >= 11 is 4.68. The average Bonchev–Trinajstić information content (AvgIpc) is 2.69. The molecule has 0 amide bonds. The van der Waals surface area contributed by atoms with Crippen LogP contribution in [0.3, 0.4) is 0 Å². The molecule has 0 bridgehead atoms. The maximum Gasteiger partial charge on any atom is 0.0693 e. The Morgan fingerprint density at radius 2 is 2.19 bits per heavy atom. The minimum Gasteiger partial charge on any atom is -0.392 e. The largest absolute Gasteiger partial charge is 0.392 e. The number of nitrogens with one attached hydrogen (secondary N) is 1. The Balaban J connectivity index is 1.96. The van der Waals surface area contributed by atoms with Crippen LogP contribution in [0, 0.1) is 5.92 Å². The van der Waals surface area contributed by atoms with Crippen LogP contribution in [-0.4, -0.2) is 17.8 Å². The molecule has 2 rings (SSSR count). The third-order valence-electron chi connectivity index (χ3n) is 5.81. The van der Waals surface area contributed by atoms with E-state index in [-0.39, 0.29) is 12.0 Å². The number of rotatable bonds is 10. The summed E-state index contributed by atoms with van der Waals surface area (Å²) in [4.78, 5) is 1.06. The van der Waals surface area contributed by atoms with Crippen LogP contribution in [0.2, 0.25) is 0 Å². The first kappa shape index (κ1) is 22.3. The van der Waals surface area contributed by atoms with Gasteiger partial charge in [-0.3, -0.25) is 0 Å². The molecule has 0 spiro atoms. The van der Waals surface area contributed by atoms with Gasteiger partial charge in [0.1, 0.15) is 0 Å². The molecule has 1 aliphatic carbocycles. The standard InChI is InChI=1S/C24H37NOS/c1-5-9-19(7-3)24(27)14-17(4)23(26)16-25-22-11-8-10-20-13-12-18(6-2)15-21(20)22/h7,12-13,15,17,22-23,25-27H,3,5-6,8-11,14,16H2,1-2,4H3/b24-19+. The lowest BCUT2D eigenvalue weighted by Crippen LogP contribution is -2.35. The molecular formula is C24H37NOS. The van der Waals surface area contributed by atoms with Crippen LogP contribution in [-0.2, 0) is 12.8 Å². The fourth-order valence-electron chi connectivity index (χ4n) is 3.95. The highest BCUT2D eigenvalue weighted by atomic mass is 32.1. The molecule has 3 unspecified atom stereocenters. The molecule has 2 N–H and O–H groups in total. The molecule has 1 aromatic carbocycles. The predicted molar refractivity (Wildman–Crippen MR) is 120 cm³/mol. The van der Waals surface area contributed by atoms with Gasteiger partial charge in [-0.25, -0.2) is 0 Å². The van der Waals surface area contributed by atoms with Gasteiger partial charge in [-0.2, -0.15) is 0 Å². The Bertz CT molecular complexity index is 652. The van der Waals surface area contributed by atoms with E-state index in [2.05, 4.69) is 63.5 Å². The highest BCUT2D eigenvalue weighted by molar-refractivity contribution is 7.84. The minimum absolute atomic E-state index is 0.168. The molecule has 0 radical (unpaired) electrons. The Labute approximate surface area is 171 Å². The normalized spacial score (nSPS) is 19.8. The van der Waals surface area contributed by atoms with Gasteiger partial charge in [0.25, 0.3) is 0 Å². The zero-order chi connectivity index (χ0) is 19.8. The topological polar surface area (TPSA) is 32.3 Å². The van der Waals surface area contributed by atoms with Crippen LogP contribution in [0.25, 0.3) is 0 Å². The van der Waals surface area contributed by atoms with Crippen molar-refractivity contribution in [1.29, 1.82) is 0 Å². The summed E-state index contributed by atoms with van der Waals surface area (Å²) in [5.41, 5.74) is 5.51. The molecule has 0 heterocycles. The van der Waals surface area contributed by atoms with E-state index >= 15 is 0 Å². The zero-order valence-electron chi connectivity index (χ0n) is 17.3. The van der Waals surface area contributed by atoms with Gasteiger partial charge in [-0.15, -0.1) is 12.6 Å². The molecule has 0 saturated carbocycles. The van der Waals surface area contributed by atoms with E-state index in [0.717, 1.165) is 37.0 Å². The average molecular weight is 388 g/mol. The van der Waals surface area contributed by atoms with Crippen LogP contribution in [0.15, 0.2) is 41.3 Å². The lowest BCUT2D eigenvalue weighted by atomic mass is 9.86. The number of benzene rings is 1. The lowest BCUT2D eigenvalue weighted by Gasteiger charge is -2.29. The molecule has 150 valence electrons. The molecule has 0 fully saturated rings. The molecular weight excluding hydrogens is 350 g/mol. The smallest absolute Gasteiger partial charge is 0.0693 e. The highest BCUT2D eigenvalue weighted by Gasteiger charge is 2.22. The highest BCUT2D eigenvalue weighted by Crippen LogP contribution is 2.31. The molecule has 0 saturated heterocycles. The number of thiol groups is 1. The molecule has 2 nitrogen and oxygen atoms in total. The van der Waals surface area contributed by atoms with Gasteiger partial charge < -0.3 is 10.4 Å². The van der Waals surface area contributed by atoms with Crippen molar-refractivity contribution < 1.29 is 5.11 Å². The van der Waals surface area contributed by atoms with E-state index in [1.54, 1.807) is 0 Å². The third kappa shape index (κ3) is 6.23. The fraction of sp³-hybridized carbons (Fsp3) is 0.583. The number of hydrogen-bond acceptors (Lipinski definition) is 3. The van der Waals surface area contributed by atoms with Crippen molar-refractivity contribution in [2.75, 3.05) is 6.54 Å². The quantitative estimate of drug-likeness (QED) is 0.351. The van der Waals surface area contributed by atoms with Gasteiger partial charge >= 0.3 is 0 Å². The van der Waals surface area contributed by atoms with E-state index in [9.17, 15) is 5.11 Å². The number of aryl methyl sites for hydroxylation is 2. The predicted octanol–water partition coefficient (Wildman–Crippen LogP) is 5.77. The van der Waals surface area contributed by atoms with E-state index in [1.807, 2.05) is 6.08 Å². The Hall–Kier alpha value is -1.03. The number of hydrogen-bond donors (Lipinski definition) is 3. The lowest BCUT2D eigenvalue weighted by molar-refractivity contribution is 0.111. The summed E-state index contributed by atoms with van der Waals surface area (Å²) in [6.45, 7) is 11.0. The Kier molecular flexibility index (Phi) is 9.14. The molecule has 3 atom stereocenters. The number of aliphatic hydroxyl groups is 1. The summed E-state index contributed by atoms with van der Waals surface area (Å²) in [7, 11) is 0. The maximum atomic E-state index is 10.7. The van der Waals surface area contributed by atoms with Gasteiger partial charge in [0, 0.05) is 12.6 Å². The summed E-state index contributed by atoms with van der Waals surface area (Å²) in [5.74, 6) is 0.168. The maximum absolute atomic E-state index is 10.7. The van der Waals surface area contributed by atoms with E-state index in [4.69, 9.17) is 0 Å². The molecule has 1 aromatic rings. The molecule has 1 aliphatic rings. The van der Waals surface area contributed by atoms with Gasteiger partial charge in [0.2, 0.25) is 0 Å². The van der Waals surface area contributed by atoms with Crippen molar-refractivity contribution in [1.82, 2.24) is 5.32 Å². The van der Waals surface area contributed by atoms with Gasteiger partial charge in [-0.1, -0.05) is 58.0 Å². The van der Waals surface area contributed by atoms with Crippen molar-refractivity contribution in [3.8, 4) is 0 Å².